The summed E-state index contributed by atoms with van der Waals surface area (Å²) in [6.45, 7) is 1.03. The van der Waals surface area contributed by atoms with Gasteiger partial charge in [-0.15, -0.1) is 35.4 Å². The Labute approximate surface area is 265 Å². The summed E-state index contributed by atoms with van der Waals surface area (Å²) in [5.41, 5.74) is 12.4. The third-order valence-corrected chi connectivity index (χ3v) is 6.45. The maximum absolute atomic E-state index is 7.14. The van der Waals surface area contributed by atoms with Gasteiger partial charge in [-0.1, -0.05) is 66.2 Å². The molecule has 0 amide bonds. The molecule has 2 aliphatic rings. The van der Waals surface area contributed by atoms with Gasteiger partial charge in [0.25, 0.3) is 0 Å². The summed E-state index contributed by atoms with van der Waals surface area (Å²) in [7, 11) is 8.22. The smallest absolute Gasteiger partial charge is 0.0495 e. The molecule has 0 spiro atoms. The van der Waals surface area contributed by atoms with E-state index >= 15 is 0 Å². The molecule has 0 atom stereocenters. The number of hydrogen-bond acceptors (Lipinski definition) is 2. The largest absolute Gasteiger partial charge is 0.366 e. The molecule has 4 aromatic carbocycles. The Balaban J connectivity index is 0.000000214. The summed E-state index contributed by atoms with van der Waals surface area (Å²) in [4.78, 5) is 4.25. The second kappa shape index (κ2) is 15.3. The Morgan fingerprint density at radius 2 is 0.974 bits per heavy atom. The minimum Gasteiger partial charge on any atom is -0.366 e. The molecule has 4 aromatic rings. The molecule has 39 heavy (non-hydrogen) atoms. The van der Waals surface area contributed by atoms with E-state index < -0.39 is 0 Å². The zero-order valence-electron chi connectivity index (χ0n) is 22.7. The average molecular weight is 875 g/mol. The van der Waals surface area contributed by atoms with Crippen molar-refractivity contribution < 1.29 is 44.8 Å². The Hall–Kier alpha value is -2.60. The summed E-state index contributed by atoms with van der Waals surface area (Å²) in [5, 5.41) is 0. The molecular weight excluding hydrogens is 842 g/mol. The van der Waals surface area contributed by atoms with E-state index in [1.54, 1.807) is 0 Å². The zero-order valence-corrected chi connectivity index (χ0v) is 27.0. The Bertz CT molecular complexity index is 1480. The van der Waals surface area contributed by atoms with Gasteiger partial charge in [-0.2, -0.15) is 0 Å². The minimum atomic E-state index is 0. The van der Waals surface area contributed by atoms with E-state index in [2.05, 4.69) is 117 Å². The third kappa shape index (κ3) is 8.20. The van der Waals surface area contributed by atoms with E-state index in [0.29, 0.717) is 0 Å². The van der Waals surface area contributed by atoms with Gasteiger partial charge in [-0.3, -0.25) is 21.6 Å². The molecule has 2 nitrogen and oxygen atoms in total. The number of hydrogen-bond donors (Lipinski definition) is 0. The molecule has 0 aliphatic heterocycles. The quantitative estimate of drug-likeness (QED) is 0.0855. The molecule has 2 radical (unpaired) electrons. The monoisotopic (exact) mass is 874 g/mol. The Kier molecular flexibility index (Phi) is 12.8. The number of nitrogens with zero attached hydrogens (tertiary/aromatic N) is 2. The molecule has 0 saturated heterocycles. The molecule has 0 unspecified atom stereocenters. The van der Waals surface area contributed by atoms with E-state index in [0.717, 1.165) is 30.6 Å². The van der Waals surface area contributed by atoms with E-state index in [-0.39, 0.29) is 44.8 Å². The maximum Gasteiger partial charge on any atom is 0.0495 e. The standard InChI is InChI=1S/2C15H9.C5H14N2.2Au/c1-2-11-7-8-15-13(9-11)10-12-5-3-4-6-14(12)15;1-2-11-7-8-13-10-12-5-3-4-6-14(12)15(13)9-11;1-6(2)5-7(3)4;;/h2*3-9H,10H2;5H2,1-4H3;;/q2*-1;;;. The van der Waals surface area contributed by atoms with Crippen LogP contribution < -0.4 is 0 Å². The van der Waals surface area contributed by atoms with Gasteiger partial charge in [0.1, 0.15) is 0 Å². The van der Waals surface area contributed by atoms with Gasteiger partial charge in [0.2, 0.25) is 0 Å². The van der Waals surface area contributed by atoms with Gasteiger partial charge in [-0.25, -0.2) is 0 Å². The summed E-state index contributed by atoms with van der Waals surface area (Å²) >= 11 is 0. The minimum absolute atomic E-state index is 0. The van der Waals surface area contributed by atoms with Crippen LogP contribution >= 0.6 is 0 Å². The molecule has 2 aliphatic carbocycles. The Morgan fingerprint density at radius 3 is 1.51 bits per heavy atom. The molecule has 0 fully saturated rings. The van der Waals surface area contributed by atoms with Crippen molar-refractivity contribution in [3.05, 3.63) is 131 Å². The number of rotatable bonds is 2. The second-order valence-electron chi connectivity index (χ2n) is 9.96. The van der Waals surface area contributed by atoms with Crippen LogP contribution in [0.1, 0.15) is 33.4 Å². The topological polar surface area (TPSA) is 6.48 Å². The van der Waals surface area contributed by atoms with Crippen molar-refractivity contribution in [1.29, 1.82) is 0 Å². The predicted octanol–water partition coefficient (Wildman–Crippen LogP) is 6.45. The Morgan fingerprint density at radius 1 is 0.538 bits per heavy atom. The van der Waals surface area contributed by atoms with Crippen LogP contribution in [0.15, 0.2) is 84.9 Å². The van der Waals surface area contributed by atoms with Crippen LogP contribution in [0.2, 0.25) is 0 Å². The SMILES string of the molecule is CN(C)CN(C)C.[Au].[Au].[C-]#Cc1ccc2c(c1)-c1ccccc1C2.[C-]#Cc1ccc2c(c1)Cc1ccccc1-2. The molecule has 4 heteroatoms. The van der Waals surface area contributed by atoms with E-state index in [1.807, 2.05) is 18.2 Å². The van der Waals surface area contributed by atoms with Crippen molar-refractivity contribution in [3.8, 4) is 34.1 Å². The van der Waals surface area contributed by atoms with Crippen LogP contribution in [0.3, 0.4) is 0 Å². The van der Waals surface area contributed by atoms with Gasteiger partial charge in [0, 0.05) is 51.4 Å². The van der Waals surface area contributed by atoms with Crippen LogP contribution in [-0.4, -0.2) is 44.7 Å². The summed E-state index contributed by atoms with van der Waals surface area (Å²) in [5.74, 6) is 4.87. The first-order valence-corrected chi connectivity index (χ1v) is 12.5. The van der Waals surface area contributed by atoms with Gasteiger partial charge in [0.05, 0.1) is 0 Å². The molecular formula is C35H32Au2N2-2. The maximum atomic E-state index is 7.14. The number of benzene rings is 4. The number of fused-ring (bicyclic) bond motifs is 6. The van der Waals surface area contributed by atoms with Gasteiger partial charge < -0.3 is 12.8 Å². The van der Waals surface area contributed by atoms with Gasteiger partial charge >= 0.3 is 0 Å². The van der Waals surface area contributed by atoms with Crippen molar-refractivity contribution >= 4 is 0 Å². The predicted molar refractivity (Wildman–Crippen MR) is 154 cm³/mol. The van der Waals surface area contributed by atoms with Crippen LogP contribution in [0.25, 0.3) is 22.3 Å². The summed E-state index contributed by atoms with van der Waals surface area (Å²) in [6.07, 6.45) is 16.3. The summed E-state index contributed by atoms with van der Waals surface area (Å²) in [6, 6.07) is 29.2. The molecule has 0 bridgehead atoms. The zero-order chi connectivity index (χ0) is 26.4. The van der Waals surface area contributed by atoms with Crippen LogP contribution in [-0.2, 0) is 57.6 Å². The average Bonchev–Trinajstić information content (AvgIpc) is 3.45. The van der Waals surface area contributed by atoms with E-state index in [4.69, 9.17) is 12.8 Å². The first-order chi connectivity index (χ1) is 17.9. The van der Waals surface area contributed by atoms with Crippen molar-refractivity contribution in [3.63, 3.8) is 0 Å². The van der Waals surface area contributed by atoms with Crippen molar-refractivity contribution in [1.82, 2.24) is 9.80 Å². The first kappa shape index (κ1) is 32.6. The second-order valence-corrected chi connectivity index (χ2v) is 9.96. The van der Waals surface area contributed by atoms with E-state index in [1.165, 1.54) is 44.5 Å². The van der Waals surface area contributed by atoms with Gasteiger partial charge in [-0.05, 0) is 80.0 Å². The van der Waals surface area contributed by atoms with Crippen LogP contribution in [0.5, 0.6) is 0 Å². The fourth-order valence-corrected chi connectivity index (χ4v) is 4.99. The summed E-state index contributed by atoms with van der Waals surface area (Å²) < 4.78 is 0. The van der Waals surface area contributed by atoms with Crippen LogP contribution in [0, 0.1) is 24.7 Å². The molecule has 0 heterocycles. The van der Waals surface area contributed by atoms with Gasteiger partial charge in [0.15, 0.2) is 0 Å². The molecule has 0 saturated carbocycles. The third-order valence-electron chi connectivity index (χ3n) is 6.45. The first-order valence-electron chi connectivity index (χ1n) is 12.5. The molecule has 206 valence electrons. The molecule has 0 aromatic heterocycles. The van der Waals surface area contributed by atoms with Crippen LogP contribution in [0.4, 0.5) is 0 Å². The van der Waals surface area contributed by atoms with Crippen molar-refractivity contribution in [2.45, 2.75) is 12.8 Å². The normalized spacial score (nSPS) is 11.0. The molecule has 0 N–H and O–H groups in total. The van der Waals surface area contributed by atoms with Crippen molar-refractivity contribution in [2.24, 2.45) is 0 Å². The fourth-order valence-electron chi connectivity index (χ4n) is 4.99. The van der Waals surface area contributed by atoms with Crippen molar-refractivity contribution in [2.75, 3.05) is 34.9 Å². The molecule has 6 rings (SSSR count). The van der Waals surface area contributed by atoms with E-state index in [9.17, 15) is 0 Å². The fraction of sp³-hybridized carbons (Fsp3) is 0.200.